The zero-order valence-corrected chi connectivity index (χ0v) is 17.8. The lowest BCUT2D eigenvalue weighted by atomic mass is 10.1. The maximum Gasteiger partial charge on any atom is 0.330 e. The summed E-state index contributed by atoms with van der Waals surface area (Å²) < 4.78 is 1.31. The van der Waals surface area contributed by atoms with E-state index in [2.05, 4.69) is 18.8 Å². The third-order valence-electron chi connectivity index (χ3n) is 4.83. The molecule has 7 nitrogen and oxygen atoms in total. The molecule has 2 rings (SSSR count). The number of carbonyl (C=O) groups is 1. The van der Waals surface area contributed by atoms with Crippen molar-refractivity contribution in [3.05, 3.63) is 56.7 Å². The van der Waals surface area contributed by atoms with Gasteiger partial charge in [-0.15, -0.1) is 0 Å². The summed E-state index contributed by atoms with van der Waals surface area (Å²) in [5.41, 5.74) is 6.01. The predicted octanol–water partition coefficient (Wildman–Crippen LogP) is 2.98. The molecule has 0 saturated heterocycles. The number of benzene rings is 1. The number of carbonyl (C=O) groups excluding carboxylic acids is 1. The van der Waals surface area contributed by atoms with E-state index in [1.807, 2.05) is 44.2 Å². The number of anilines is 2. The van der Waals surface area contributed by atoms with Crippen LogP contribution < -0.4 is 21.9 Å². The van der Waals surface area contributed by atoms with Gasteiger partial charge in [-0.2, -0.15) is 0 Å². The number of H-pyrrole nitrogens is 1. The van der Waals surface area contributed by atoms with Gasteiger partial charge in [0.15, 0.2) is 5.69 Å². The third kappa shape index (κ3) is 6.07. The van der Waals surface area contributed by atoms with Crippen LogP contribution in [-0.4, -0.2) is 22.0 Å². The molecule has 0 aliphatic heterocycles. The highest BCUT2D eigenvalue weighted by Gasteiger charge is 2.24. The van der Waals surface area contributed by atoms with Gasteiger partial charge in [0.2, 0.25) is 5.91 Å². The van der Waals surface area contributed by atoms with Crippen molar-refractivity contribution in [3.8, 4) is 0 Å². The van der Waals surface area contributed by atoms with Crippen LogP contribution in [0.25, 0.3) is 0 Å². The molecule has 7 heteroatoms. The van der Waals surface area contributed by atoms with Gasteiger partial charge in [-0.3, -0.25) is 19.1 Å². The normalized spacial score (nSPS) is 11.2. The average Bonchev–Trinajstić information content (AvgIpc) is 2.66. The molecule has 1 aromatic carbocycles. The number of hydrogen-bond acceptors (Lipinski definition) is 4. The lowest BCUT2D eigenvalue weighted by Crippen LogP contribution is -2.42. The van der Waals surface area contributed by atoms with E-state index in [1.54, 1.807) is 0 Å². The average molecular weight is 401 g/mol. The molecule has 1 heterocycles. The third-order valence-corrected chi connectivity index (χ3v) is 4.83. The molecule has 2 aromatic rings. The summed E-state index contributed by atoms with van der Waals surface area (Å²) in [4.78, 5) is 41.8. The van der Waals surface area contributed by atoms with E-state index in [9.17, 15) is 14.4 Å². The molecule has 0 aliphatic rings. The number of aromatic amines is 1. The molecular weight excluding hydrogens is 368 g/mol. The number of nitrogen functional groups attached to an aromatic ring is 1. The Labute approximate surface area is 171 Å². The van der Waals surface area contributed by atoms with Gasteiger partial charge in [-0.1, -0.05) is 58.0 Å². The number of nitrogens with two attached hydrogens (primary N) is 1. The fourth-order valence-corrected chi connectivity index (χ4v) is 3.06. The second kappa shape index (κ2) is 10.1. The first-order chi connectivity index (χ1) is 13.7. The quantitative estimate of drug-likeness (QED) is 0.675. The molecule has 0 spiro atoms. The van der Waals surface area contributed by atoms with Crippen molar-refractivity contribution in [1.29, 1.82) is 0 Å². The zero-order chi connectivity index (χ0) is 21.6. The lowest BCUT2D eigenvalue weighted by molar-refractivity contribution is -0.118. The van der Waals surface area contributed by atoms with E-state index >= 15 is 0 Å². The standard InChI is InChI=1S/C22H32N4O3/c1-15(2)10-11-18(27)25(13-12-16(3)4)19-20(23)26(22(29)24-21(19)28)14-17-8-6-5-7-9-17/h5-9,15-16H,10-14,23H2,1-4H3,(H,24,28,29). The van der Waals surface area contributed by atoms with Gasteiger partial charge < -0.3 is 10.6 Å². The summed E-state index contributed by atoms with van der Waals surface area (Å²) in [6.45, 7) is 8.81. The van der Waals surface area contributed by atoms with Gasteiger partial charge in [0.05, 0.1) is 6.54 Å². The van der Waals surface area contributed by atoms with E-state index in [-0.39, 0.29) is 24.0 Å². The van der Waals surface area contributed by atoms with Crippen LogP contribution >= 0.6 is 0 Å². The minimum atomic E-state index is -0.626. The Morgan fingerprint density at radius 2 is 1.69 bits per heavy atom. The second-order valence-corrected chi connectivity index (χ2v) is 8.23. The summed E-state index contributed by atoms with van der Waals surface area (Å²) in [6, 6.07) is 9.37. The molecule has 158 valence electrons. The van der Waals surface area contributed by atoms with Crippen LogP contribution in [0.5, 0.6) is 0 Å². The van der Waals surface area contributed by atoms with Crippen molar-refractivity contribution in [2.45, 2.75) is 53.5 Å². The van der Waals surface area contributed by atoms with Crippen molar-refractivity contribution in [1.82, 2.24) is 9.55 Å². The second-order valence-electron chi connectivity index (χ2n) is 8.23. The fourth-order valence-electron chi connectivity index (χ4n) is 3.06. The van der Waals surface area contributed by atoms with Gasteiger partial charge >= 0.3 is 5.69 Å². The van der Waals surface area contributed by atoms with Gasteiger partial charge in [-0.25, -0.2) is 4.79 Å². The number of aromatic nitrogens is 2. The summed E-state index contributed by atoms with van der Waals surface area (Å²) >= 11 is 0. The SMILES string of the molecule is CC(C)CCC(=O)N(CCC(C)C)c1c(N)n(Cc2ccccc2)c(=O)[nH]c1=O. The van der Waals surface area contributed by atoms with Crippen LogP contribution in [0.3, 0.4) is 0 Å². The topological polar surface area (TPSA) is 101 Å². The molecule has 0 radical (unpaired) electrons. The molecule has 0 aliphatic carbocycles. The Morgan fingerprint density at radius 3 is 2.28 bits per heavy atom. The van der Waals surface area contributed by atoms with E-state index in [0.29, 0.717) is 24.8 Å². The summed E-state index contributed by atoms with van der Waals surface area (Å²) in [5.74, 6) is 0.588. The molecule has 0 atom stereocenters. The van der Waals surface area contributed by atoms with Crippen LogP contribution in [0, 0.1) is 11.8 Å². The Bertz CT molecular complexity index is 929. The molecule has 29 heavy (non-hydrogen) atoms. The van der Waals surface area contributed by atoms with E-state index in [4.69, 9.17) is 5.73 Å². The Morgan fingerprint density at radius 1 is 1.07 bits per heavy atom. The number of nitrogens with one attached hydrogen (secondary N) is 1. The molecular formula is C22H32N4O3. The number of amides is 1. The van der Waals surface area contributed by atoms with Crippen LogP contribution in [0.15, 0.2) is 39.9 Å². The minimum Gasteiger partial charge on any atom is -0.383 e. The molecule has 1 amide bonds. The smallest absolute Gasteiger partial charge is 0.330 e. The Hall–Kier alpha value is -2.83. The zero-order valence-electron chi connectivity index (χ0n) is 17.8. The van der Waals surface area contributed by atoms with E-state index in [0.717, 1.165) is 18.4 Å². The largest absolute Gasteiger partial charge is 0.383 e. The highest BCUT2D eigenvalue weighted by molar-refractivity contribution is 5.95. The summed E-state index contributed by atoms with van der Waals surface area (Å²) in [6.07, 6.45) is 1.77. The highest BCUT2D eigenvalue weighted by atomic mass is 16.2. The van der Waals surface area contributed by atoms with Gasteiger partial charge in [0, 0.05) is 13.0 Å². The summed E-state index contributed by atoms with van der Waals surface area (Å²) in [5, 5.41) is 0. The van der Waals surface area contributed by atoms with Crippen molar-refractivity contribution in [2.75, 3.05) is 17.2 Å². The van der Waals surface area contributed by atoms with Crippen LogP contribution in [0.1, 0.15) is 52.5 Å². The van der Waals surface area contributed by atoms with Crippen molar-refractivity contribution in [3.63, 3.8) is 0 Å². The van der Waals surface area contributed by atoms with Crippen molar-refractivity contribution < 1.29 is 4.79 Å². The van der Waals surface area contributed by atoms with Crippen molar-refractivity contribution >= 4 is 17.4 Å². The molecule has 0 bridgehead atoms. The van der Waals surface area contributed by atoms with E-state index < -0.39 is 11.2 Å². The van der Waals surface area contributed by atoms with Crippen LogP contribution in [0.2, 0.25) is 0 Å². The number of hydrogen-bond donors (Lipinski definition) is 2. The maximum absolute atomic E-state index is 12.9. The first-order valence-electron chi connectivity index (χ1n) is 10.2. The summed E-state index contributed by atoms with van der Waals surface area (Å²) in [7, 11) is 0. The van der Waals surface area contributed by atoms with Gasteiger partial charge in [0.1, 0.15) is 5.82 Å². The maximum atomic E-state index is 12.9. The van der Waals surface area contributed by atoms with Crippen LogP contribution in [-0.2, 0) is 11.3 Å². The Kier molecular flexibility index (Phi) is 7.82. The lowest BCUT2D eigenvalue weighted by Gasteiger charge is -2.25. The van der Waals surface area contributed by atoms with Crippen molar-refractivity contribution in [2.24, 2.45) is 11.8 Å². The molecule has 3 N–H and O–H groups in total. The predicted molar refractivity (Wildman–Crippen MR) is 117 cm³/mol. The van der Waals surface area contributed by atoms with Gasteiger partial charge in [-0.05, 0) is 30.2 Å². The first kappa shape index (κ1) is 22.5. The highest BCUT2D eigenvalue weighted by Crippen LogP contribution is 2.21. The number of rotatable bonds is 9. The van der Waals surface area contributed by atoms with Crippen LogP contribution in [0.4, 0.5) is 11.5 Å². The molecule has 0 fully saturated rings. The first-order valence-corrected chi connectivity index (χ1v) is 10.2. The Balaban J connectivity index is 2.48. The van der Waals surface area contributed by atoms with E-state index in [1.165, 1.54) is 9.47 Å². The number of nitrogens with zero attached hydrogens (tertiary/aromatic N) is 2. The minimum absolute atomic E-state index is 0.0178. The molecule has 1 aromatic heterocycles. The molecule has 0 saturated carbocycles. The van der Waals surface area contributed by atoms with Gasteiger partial charge in [0.25, 0.3) is 5.56 Å². The fraction of sp³-hybridized carbons (Fsp3) is 0.500. The monoisotopic (exact) mass is 400 g/mol. The molecule has 0 unspecified atom stereocenters.